The molecule has 0 amide bonds. The first-order valence-electron chi connectivity index (χ1n) is 8.56. The largest absolute Gasteiger partial charge is 0.135 e. The number of rotatable bonds is 2. The van der Waals surface area contributed by atoms with Crippen molar-refractivity contribution in [1.82, 2.24) is 0 Å². The van der Waals surface area contributed by atoms with Gasteiger partial charge < -0.3 is 0 Å². The summed E-state index contributed by atoms with van der Waals surface area (Å²) in [6.07, 6.45) is 0. The number of halogens is 1. The van der Waals surface area contributed by atoms with Crippen molar-refractivity contribution in [3.8, 4) is 22.3 Å². The molecule has 0 atom stereocenters. The van der Waals surface area contributed by atoms with E-state index in [4.69, 9.17) is 11.6 Å². The van der Waals surface area contributed by atoms with Crippen molar-refractivity contribution >= 4 is 43.1 Å². The van der Waals surface area contributed by atoms with E-state index in [1.165, 1.54) is 31.5 Å². The van der Waals surface area contributed by atoms with E-state index < -0.39 is 0 Å². The van der Waals surface area contributed by atoms with Gasteiger partial charge in [-0.15, -0.1) is 11.3 Å². The van der Waals surface area contributed by atoms with Gasteiger partial charge in [0, 0.05) is 20.2 Å². The van der Waals surface area contributed by atoms with Crippen LogP contribution in [0.25, 0.3) is 42.4 Å². The third-order valence-corrected chi connectivity index (χ3v) is 6.17. The Labute approximate surface area is 161 Å². The molecule has 0 N–H and O–H groups in total. The summed E-state index contributed by atoms with van der Waals surface area (Å²) in [7, 11) is 0. The van der Waals surface area contributed by atoms with E-state index >= 15 is 0 Å². The van der Waals surface area contributed by atoms with Gasteiger partial charge in [-0.2, -0.15) is 0 Å². The molecule has 0 aliphatic carbocycles. The molecule has 0 fully saturated rings. The predicted octanol–water partition coefficient (Wildman–Crippen LogP) is 8.04. The molecule has 1 aromatic heterocycles. The maximum atomic E-state index is 6.67. The second kappa shape index (κ2) is 6.28. The van der Waals surface area contributed by atoms with Gasteiger partial charge in [0.15, 0.2) is 0 Å². The van der Waals surface area contributed by atoms with Crippen LogP contribution in [0.2, 0.25) is 5.02 Å². The lowest BCUT2D eigenvalue weighted by molar-refractivity contribution is 1.60. The van der Waals surface area contributed by atoms with Crippen molar-refractivity contribution in [2.75, 3.05) is 0 Å². The van der Waals surface area contributed by atoms with Crippen LogP contribution in [0.5, 0.6) is 0 Å². The van der Waals surface area contributed by atoms with Crippen LogP contribution in [0.15, 0.2) is 91.0 Å². The molecule has 0 saturated carbocycles. The molecule has 0 unspecified atom stereocenters. The maximum Gasteiger partial charge on any atom is 0.0505 e. The van der Waals surface area contributed by atoms with Crippen LogP contribution in [-0.4, -0.2) is 0 Å². The fourth-order valence-electron chi connectivity index (χ4n) is 3.46. The first kappa shape index (κ1) is 15.6. The lowest BCUT2D eigenvalue weighted by Crippen LogP contribution is -1.81. The van der Waals surface area contributed by atoms with Crippen LogP contribution < -0.4 is 0 Å². The van der Waals surface area contributed by atoms with E-state index in [9.17, 15) is 0 Å². The van der Waals surface area contributed by atoms with Crippen LogP contribution in [0.4, 0.5) is 0 Å². The van der Waals surface area contributed by atoms with E-state index in [1.807, 2.05) is 6.07 Å². The average Bonchev–Trinajstić information content (AvgIpc) is 3.08. The molecule has 124 valence electrons. The lowest BCUT2D eigenvalue weighted by atomic mass is 9.99. The second-order valence-corrected chi connectivity index (χ2v) is 7.86. The van der Waals surface area contributed by atoms with Gasteiger partial charge >= 0.3 is 0 Å². The van der Waals surface area contributed by atoms with Crippen LogP contribution >= 0.6 is 22.9 Å². The highest BCUT2D eigenvalue weighted by Crippen LogP contribution is 2.40. The van der Waals surface area contributed by atoms with Gasteiger partial charge in [0.25, 0.3) is 0 Å². The Balaban J connectivity index is 1.62. The topological polar surface area (TPSA) is 0 Å². The van der Waals surface area contributed by atoms with E-state index in [0.29, 0.717) is 0 Å². The highest BCUT2D eigenvalue weighted by Gasteiger charge is 2.11. The van der Waals surface area contributed by atoms with Gasteiger partial charge in [0.05, 0.1) is 5.02 Å². The first-order chi connectivity index (χ1) is 12.8. The number of hydrogen-bond acceptors (Lipinski definition) is 1. The van der Waals surface area contributed by atoms with Crippen LogP contribution in [0.1, 0.15) is 0 Å². The van der Waals surface area contributed by atoms with E-state index in [-0.39, 0.29) is 0 Å². The Hall–Kier alpha value is -2.61. The smallest absolute Gasteiger partial charge is 0.0505 e. The quantitative estimate of drug-likeness (QED) is 0.295. The maximum absolute atomic E-state index is 6.67. The fraction of sp³-hybridized carbons (Fsp3) is 0. The molecule has 0 aliphatic heterocycles. The fourth-order valence-corrected chi connectivity index (χ4v) is 5.01. The predicted molar refractivity (Wildman–Crippen MR) is 115 cm³/mol. The molecule has 26 heavy (non-hydrogen) atoms. The second-order valence-electron chi connectivity index (χ2n) is 6.37. The summed E-state index contributed by atoms with van der Waals surface area (Å²) in [6, 6.07) is 31.9. The summed E-state index contributed by atoms with van der Waals surface area (Å²) >= 11 is 8.47. The molecule has 2 heteroatoms. The summed E-state index contributed by atoms with van der Waals surface area (Å²) < 4.78 is 2.52. The normalized spacial score (nSPS) is 11.3. The van der Waals surface area contributed by atoms with Crippen molar-refractivity contribution in [1.29, 1.82) is 0 Å². The Kier molecular flexibility index (Phi) is 3.77. The number of thiophene rings is 1. The van der Waals surface area contributed by atoms with Crippen LogP contribution in [0, 0.1) is 0 Å². The van der Waals surface area contributed by atoms with Gasteiger partial charge in [-0.3, -0.25) is 0 Å². The standard InChI is InChI=1S/C24H15ClS/c25-21-14-19(15-23-24(21)20-8-4-5-9-22(20)26-23)18-12-10-17(11-13-18)16-6-2-1-3-7-16/h1-15H. The molecule has 5 rings (SSSR count). The lowest BCUT2D eigenvalue weighted by Gasteiger charge is -2.06. The SMILES string of the molecule is Clc1cc(-c2ccc(-c3ccccc3)cc2)cc2sc3ccccc3c12. The van der Waals surface area contributed by atoms with Gasteiger partial charge in [-0.25, -0.2) is 0 Å². The molecule has 0 aliphatic rings. The number of fused-ring (bicyclic) bond motifs is 3. The Bertz CT molecular complexity index is 1220. The van der Waals surface area contributed by atoms with Crippen LogP contribution in [0.3, 0.4) is 0 Å². The van der Waals surface area contributed by atoms with Crippen molar-refractivity contribution in [2.45, 2.75) is 0 Å². The van der Waals surface area contributed by atoms with Gasteiger partial charge in [0.1, 0.15) is 0 Å². The molecule has 4 aromatic carbocycles. The third kappa shape index (κ3) is 2.61. The summed E-state index contributed by atoms with van der Waals surface area (Å²) in [5.41, 5.74) is 4.81. The molecular formula is C24H15ClS. The van der Waals surface area contributed by atoms with Gasteiger partial charge in [-0.05, 0) is 40.5 Å². The summed E-state index contributed by atoms with van der Waals surface area (Å²) in [6.45, 7) is 0. The number of hydrogen-bond donors (Lipinski definition) is 0. The summed E-state index contributed by atoms with van der Waals surface area (Å²) in [5.74, 6) is 0. The Morgan fingerprint density at radius 3 is 1.92 bits per heavy atom. The minimum Gasteiger partial charge on any atom is -0.135 e. The molecular weight excluding hydrogens is 356 g/mol. The van der Waals surface area contributed by atoms with Crippen molar-refractivity contribution in [3.05, 3.63) is 96.0 Å². The van der Waals surface area contributed by atoms with E-state index in [1.54, 1.807) is 11.3 Å². The van der Waals surface area contributed by atoms with Gasteiger partial charge in [0.2, 0.25) is 0 Å². The molecule has 0 saturated heterocycles. The summed E-state index contributed by atoms with van der Waals surface area (Å²) in [4.78, 5) is 0. The number of benzene rings is 4. The van der Waals surface area contributed by atoms with Crippen molar-refractivity contribution in [2.24, 2.45) is 0 Å². The third-order valence-electron chi connectivity index (χ3n) is 4.76. The molecule has 0 radical (unpaired) electrons. The van der Waals surface area contributed by atoms with Crippen molar-refractivity contribution in [3.63, 3.8) is 0 Å². The average molecular weight is 371 g/mol. The van der Waals surface area contributed by atoms with E-state index in [2.05, 4.69) is 84.9 Å². The zero-order valence-electron chi connectivity index (χ0n) is 13.9. The van der Waals surface area contributed by atoms with E-state index in [0.717, 1.165) is 16.0 Å². The molecule has 0 bridgehead atoms. The Morgan fingerprint density at radius 1 is 0.538 bits per heavy atom. The minimum atomic E-state index is 0.821. The molecule has 0 nitrogen and oxygen atoms in total. The zero-order chi connectivity index (χ0) is 17.5. The summed E-state index contributed by atoms with van der Waals surface area (Å²) in [5, 5.41) is 3.22. The molecule has 1 heterocycles. The van der Waals surface area contributed by atoms with Gasteiger partial charge in [-0.1, -0.05) is 84.4 Å². The van der Waals surface area contributed by atoms with Crippen molar-refractivity contribution < 1.29 is 0 Å². The Morgan fingerprint density at radius 2 is 1.15 bits per heavy atom. The monoisotopic (exact) mass is 370 g/mol. The highest BCUT2D eigenvalue weighted by atomic mass is 35.5. The zero-order valence-corrected chi connectivity index (χ0v) is 15.5. The first-order valence-corrected chi connectivity index (χ1v) is 9.76. The molecule has 0 spiro atoms. The molecule has 5 aromatic rings. The van der Waals surface area contributed by atoms with Crippen LogP contribution in [-0.2, 0) is 0 Å². The minimum absolute atomic E-state index is 0.821. The highest BCUT2D eigenvalue weighted by molar-refractivity contribution is 7.26.